The highest BCUT2D eigenvalue weighted by Gasteiger charge is 2.35. The van der Waals surface area contributed by atoms with Crippen molar-refractivity contribution in [3.8, 4) is 0 Å². The van der Waals surface area contributed by atoms with Gasteiger partial charge in [-0.25, -0.2) is 0 Å². The summed E-state index contributed by atoms with van der Waals surface area (Å²) in [4.78, 5) is 7.09. The maximum absolute atomic E-state index is 5.83. The van der Waals surface area contributed by atoms with E-state index >= 15 is 0 Å². The zero-order valence-electron chi connectivity index (χ0n) is 14.0. The molecule has 0 radical (unpaired) electrons. The van der Waals surface area contributed by atoms with Gasteiger partial charge in [0.2, 0.25) is 0 Å². The van der Waals surface area contributed by atoms with Crippen LogP contribution in [0.1, 0.15) is 60.3 Å². The third kappa shape index (κ3) is 5.37. The number of allylic oxidation sites excluding steroid dienone is 2. The molecule has 0 aliphatic carbocycles. The van der Waals surface area contributed by atoms with Crippen LogP contribution in [0.15, 0.2) is 16.6 Å². The molecule has 3 nitrogen and oxygen atoms in total. The van der Waals surface area contributed by atoms with Crippen LogP contribution in [0.5, 0.6) is 0 Å². The van der Waals surface area contributed by atoms with E-state index in [1.807, 2.05) is 0 Å². The molecule has 1 aliphatic rings. The van der Waals surface area contributed by atoms with Crippen LogP contribution >= 0.6 is 0 Å². The van der Waals surface area contributed by atoms with Crippen LogP contribution in [-0.4, -0.2) is 42.6 Å². The molecule has 116 valence electrons. The van der Waals surface area contributed by atoms with Gasteiger partial charge in [0.1, 0.15) is 6.73 Å². The average Bonchev–Trinajstić information content (AvgIpc) is 2.77. The summed E-state index contributed by atoms with van der Waals surface area (Å²) in [6.45, 7) is 14.6. The Bertz CT molecular complexity index is 349. The van der Waals surface area contributed by atoms with Gasteiger partial charge in [-0.05, 0) is 60.0 Å². The minimum atomic E-state index is 0.221. The molecule has 1 heterocycles. The Balaban J connectivity index is 2.34. The van der Waals surface area contributed by atoms with Crippen molar-refractivity contribution in [3.63, 3.8) is 0 Å². The minimum Gasteiger partial charge on any atom is -0.357 e. The molecule has 0 aromatic carbocycles. The Kier molecular flexibility index (Phi) is 7.46. The van der Waals surface area contributed by atoms with E-state index in [2.05, 4.69) is 50.6 Å². The molecule has 0 aromatic heterocycles. The van der Waals surface area contributed by atoms with Crippen LogP contribution < -0.4 is 0 Å². The van der Waals surface area contributed by atoms with Gasteiger partial charge in [0.15, 0.2) is 0 Å². The smallest absolute Gasteiger partial charge is 0.137 e. The highest BCUT2D eigenvalue weighted by atomic mass is 16.5. The molecule has 1 saturated heterocycles. The van der Waals surface area contributed by atoms with Gasteiger partial charge in [-0.1, -0.05) is 18.6 Å². The fourth-order valence-corrected chi connectivity index (χ4v) is 2.88. The summed E-state index contributed by atoms with van der Waals surface area (Å²) in [5.41, 5.74) is 2.74. The molecule has 0 unspecified atom stereocenters. The molecule has 0 aromatic rings. The molecule has 0 spiro atoms. The molecule has 1 fully saturated rings. The van der Waals surface area contributed by atoms with E-state index in [1.54, 1.807) is 0 Å². The Labute approximate surface area is 125 Å². The molecule has 0 saturated carbocycles. The Morgan fingerprint density at radius 1 is 1.40 bits per heavy atom. The summed E-state index contributed by atoms with van der Waals surface area (Å²) in [5.74, 6) is 0. The second kappa shape index (κ2) is 8.58. The SMILES string of the molecule is C/C=C(\C)CC(C)=NCOC[C@@]1(C)CCCN1CCC. The third-order valence-corrected chi connectivity index (χ3v) is 4.27. The number of aliphatic imine (C=N–C) groups is 1. The van der Waals surface area contributed by atoms with Gasteiger partial charge < -0.3 is 4.74 Å². The van der Waals surface area contributed by atoms with Crippen LogP contribution in [0.25, 0.3) is 0 Å². The van der Waals surface area contributed by atoms with Crippen molar-refractivity contribution in [1.82, 2.24) is 4.90 Å². The van der Waals surface area contributed by atoms with E-state index in [4.69, 9.17) is 4.74 Å². The largest absolute Gasteiger partial charge is 0.357 e. The Morgan fingerprint density at radius 3 is 2.80 bits per heavy atom. The number of hydrogen-bond donors (Lipinski definition) is 0. The van der Waals surface area contributed by atoms with Crippen molar-refractivity contribution in [3.05, 3.63) is 11.6 Å². The van der Waals surface area contributed by atoms with Crippen molar-refractivity contribution in [2.24, 2.45) is 4.99 Å². The van der Waals surface area contributed by atoms with E-state index in [0.29, 0.717) is 6.73 Å². The average molecular weight is 280 g/mol. The van der Waals surface area contributed by atoms with Crippen molar-refractivity contribution >= 4 is 5.71 Å². The molecule has 1 aliphatic heterocycles. The molecule has 0 bridgehead atoms. The fourth-order valence-electron chi connectivity index (χ4n) is 2.88. The van der Waals surface area contributed by atoms with E-state index in [-0.39, 0.29) is 5.54 Å². The first-order valence-corrected chi connectivity index (χ1v) is 7.96. The van der Waals surface area contributed by atoms with E-state index < -0.39 is 0 Å². The first kappa shape index (κ1) is 17.4. The molecule has 1 rings (SSSR count). The van der Waals surface area contributed by atoms with Crippen LogP contribution in [0.3, 0.4) is 0 Å². The molecule has 0 amide bonds. The van der Waals surface area contributed by atoms with Crippen molar-refractivity contribution in [1.29, 1.82) is 0 Å². The Hall–Kier alpha value is -0.670. The maximum atomic E-state index is 5.83. The molecule has 3 heteroatoms. The summed E-state index contributed by atoms with van der Waals surface area (Å²) in [6, 6.07) is 0. The lowest BCUT2D eigenvalue weighted by molar-refractivity contribution is 0.0277. The monoisotopic (exact) mass is 280 g/mol. The molecule has 0 N–H and O–H groups in total. The summed E-state index contributed by atoms with van der Waals surface area (Å²) in [7, 11) is 0. The molecule has 20 heavy (non-hydrogen) atoms. The number of rotatable bonds is 8. The van der Waals surface area contributed by atoms with E-state index in [0.717, 1.165) is 18.7 Å². The summed E-state index contributed by atoms with van der Waals surface area (Å²) >= 11 is 0. The first-order chi connectivity index (χ1) is 9.51. The highest BCUT2D eigenvalue weighted by molar-refractivity contribution is 5.83. The lowest BCUT2D eigenvalue weighted by atomic mass is 10.0. The standard InChI is InChI=1S/C17H32N2O/c1-6-10-19-11-8-9-17(19,5)13-20-14-18-16(4)12-15(3)7-2/h7H,6,8-14H2,1-5H3/b15-7+,18-16?/t17-/m1/s1. The fraction of sp³-hybridized carbons (Fsp3) is 0.824. The first-order valence-electron chi connectivity index (χ1n) is 7.96. The predicted molar refractivity (Wildman–Crippen MR) is 87.5 cm³/mol. The topological polar surface area (TPSA) is 24.8 Å². The van der Waals surface area contributed by atoms with Gasteiger partial charge in [-0.3, -0.25) is 9.89 Å². The van der Waals surface area contributed by atoms with Crippen molar-refractivity contribution < 1.29 is 4.74 Å². The van der Waals surface area contributed by atoms with Gasteiger partial charge in [-0.15, -0.1) is 0 Å². The lowest BCUT2D eigenvalue weighted by Gasteiger charge is -2.34. The summed E-state index contributed by atoms with van der Waals surface area (Å²) in [6.07, 6.45) is 6.85. The van der Waals surface area contributed by atoms with Gasteiger partial charge in [0, 0.05) is 17.7 Å². The highest BCUT2D eigenvalue weighted by Crippen LogP contribution is 2.29. The zero-order chi connectivity index (χ0) is 15.0. The Morgan fingerprint density at radius 2 is 2.15 bits per heavy atom. The van der Waals surface area contributed by atoms with Crippen molar-refractivity contribution in [2.45, 2.75) is 65.8 Å². The summed E-state index contributed by atoms with van der Waals surface area (Å²) < 4.78 is 5.83. The number of hydrogen-bond acceptors (Lipinski definition) is 3. The maximum Gasteiger partial charge on any atom is 0.137 e. The molecule has 1 atom stereocenters. The van der Waals surface area contributed by atoms with Gasteiger partial charge in [-0.2, -0.15) is 0 Å². The number of ether oxygens (including phenoxy) is 1. The third-order valence-electron chi connectivity index (χ3n) is 4.27. The van der Waals surface area contributed by atoms with Crippen LogP contribution in [0, 0.1) is 0 Å². The second-order valence-corrected chi connectivity index (χ2v) is 6.27. The van der Waals surface area contributed by atoms with Gasteiger partial charge in [0.25, 0.3) is 0 Å². The summed E-state index contributed by atoms with van der Waals surface area (Å²) in [5, 5.41) is 0. The number of likely N-dealkylation sites (tertiary alicyclic amines) is 1. The van der Waals surface area contributed by atoms with E-state index in [9.17, 15) is 0 Å². The van der Waals surface area contributed by atoms with Crippen LogP contribution in [0.4, 0.5) is 0 Å². The molecular weight excluding hydrogens is 248 g/mol. The van der Waals surface area contributed by atoms with Crippen molar-refractivity contribution in [2.75, 3.05) is 26.4 Å². The van der Waals surface area contributed by atoms with Crippen LogP contribution in [0.2, 0.25) is 0 Å². The van der Waals surface area contributed by atoms with Gasteiger partial charge in [0.05, 0.1) is 6.61 Å². The predicted octanol–water partition coefficient (Wildman–Crippen LogP) is 4.04. The van der Waals surface area contributed by atoms with E-state index in [1.165, 1.54) is 37.9 Å². The number of nitrogens with zero attached hydrogens (tertiary/aromatic N) is 2. The lowest BCUT2D eigenvalue weighted by Crippen LogP contribution is -2.45. The molecular formula is C17H32N2O. The zero-order valence-corrected chi connectivity index (χ0v) is 14.0. The minimum absolute atomic E-state index is 0.221. The normalized spacial score (nSPS) is 25.4. The quantitative estimate of drug-likeness (QED) is 0.381. The van der Waals surface area contributed by atoms with Gasteiger partial charge >= 0.3 is 0 Å². The second-order valence-electron chi connectivity index (χ2n) is 6.27. The van der Waals surface area contributed by atoms with Crippen LogP contribution in [-0.2, 0) is 4.74 Å².